The fraction of sp³-hybridized carbons (Fsp3) is 0.316. The quantitative estimate of drug-likeness (QED) is 0.752. The van der Waals surface area contributed by atoms with Crippen molar-refractivity contribution in [3.05, 3.63) is 64.9 Å². The number of amides is 1. The number of nitrogens with one attached hydrogen (secondary N) is 1. The topological polar surface area (TPSA) is 38.3 Å². The van der Waals surface area contributed by atoms with Crippen molar-refractivity contribution in [3.8, 4) is 5.75 Å². The summed E-state index contributed by atoms with van der Waals surface area (Å²) in [5.41, 5.74) is 0.918. The first-order valence-corrected chi connectivity index (χ1v) is 8.27. The molecule has 1 unspecified atom stereocenters. The molecule has 2 aromatic carbocycles. The van der Waals surface area contributed by atoms with E-state index in [9.17, 15) is 9.18 Å². The van der Waals surface area contributed by atoms with Crippen molar-refractivity contribution in [2.75, 3.05) is 13.2 Å². The van der Waals surface area contributed by atoms with E-state index in [0.29, 0.717) is 11.6 Å². The molecular formula is C19H21ClFNO2. The van der Waals surface area contributed by atoms with E-state index < -0.39 is 5.82 Å². The second kappa shape index (κ2) is 8.69. The lowest BCUT2D eigenvalue weighted by molar-refractivity contribution is -0.123. The van der Waals surface area contributed by atoms with Crippen LogP contribution in [0.5, 0.6) is 5.75 Å². The highest BCUT2D eigenvalue weighted by atomic mass is 35.5. The van der Waals surface area contributed by atoms with Crippen molar-refractivity contribution < 1.29 is 13.9 Å². The molecule has 0 saturated carbocycles. The van der Waals surface area contributed by atoms with Gasteiger partial charge in [0.15, 0.2) is 11.6 Å². The maximum absolute atomic E-state index is 13.4. The van der Waals surface area contributed by atoms with Gasteiger partial charge in [0, 0.05) is 5.02 Å². The molecule has 1 atom stereocenters. The summed E-state index contributed by atoms with van der Waals surface area (Å²) in [6, 6.07) is 13.5. The Hall–Kier alpha value is -2.07. The van der Waals surface area contributed by atoms with Gasteiger partial charge in [-0.15, -0.1) is 0 Å². The van der Waals surface area contributed by atoms with Gasteiger partial charge in [0.2, 0.25) is 5.91 Å². The Morgan fingerprint density at radius 3 is 2.46 bits per heavy atom. The molecule has 2 aromatic rings. The van der Waals surface area contributed by atoms with Crippen molar-refractivity contribution in [1.29, 1.82) is 0 Å². The van der Waals surface area contributed by atoms with Crippen molar-refractivity contribution in [2.24, 2.45) is 5.92 Å². The third-order valence-electron chi connectivity index (χ3n) is 3.67. The molecule has 0 fully saturated rings. The highest BCUT2D eigenvalue weighted by Gasteiger charge is 2.23. The first-order valence-electron chi connectivity index (χ1n) is 7.89. The number of para-hydroxylation sites is 1. The van der Waals surface area contributed by atoms with Crippen LogP contribution in [-0.4, -0.2) is 19.1 Å². The fourth-order valence-electron chi connectivity index (χ4n) is 2.52. The van der Waals surface area contributed by atoms with E-state index in [4.69, 9.17) is 16.3 Å². The van der Waals surface area contributed by atoms with E-state index in [1.807, 2.05) is 26.0 Å². The first-order chi connectivity index (χ1) is 11.5. The van der Waals surface area contributed by atoms with Crippen LogP contribution < -0.4 is 10.1 Å². The number of halogens is 2. The Bertz CT molecular complexity index is 673. The van der Waals surface area contributed by atoms with E-state index in [-0.39, 0.29) is 30.1 Å². The van der Waals surface area contributed by atoms with E-state index in [1.54, 1.807) is 30.3 Å². The van der Waals surface area contributed by atoms with Gasteiger partial charge in [-0.25, -0.2) is 4.39 Å². The fourth-order valence-corrected chi connectivity index (χ4v) is 2.64. The molecule has 0 heterocycles. The van der Waals surface area contributed by atoms with E-state index in [1.165, 1.54) is 6.07 Å². The van der Waals surface area contributed by atoms with Crippen molar-refractivity contribution >= 4 is 17.5 Å². The number of hydrogen-bond acceptors (Lipinski definition) is 2. The number of carbonyl (C=O) groups excluding carboxylic acids is 1. The molecule has 0 saturated heterocycles. The van der Waals surface area contributed by atoms with Crippen molar-refractivity contribution in [1.82, 2.24) is 5.32 Å². The average molecular weight is 350 g/mol. The average Bonchev–Trinajstić information content (AvgIpc) is 2.55. The van der Waals surface area contributed by atoms with E-state index in [2.05, 4.69) is 5.32 Å². The minimum absolute atomic E-state index is 0.0792. The minimum atomic E-state index is -0.412. The van der Waals surface area contributed by atoms with Gasteiger partial charge in [0.25, 0.3) is 0 Å². The Kier molecular flexibility index (Phi) is 6.62. The van der Waals surface area contributed by atoms with Crippen LogP contribution in [0.25, 0.3) is 0 Å². The largest absolute Gasteiger partial charge is 0.489 e. The zero-order chi connectivity index (χ0) is 17.5. The molecule has 0 aromatic heterocycles. The molecule has 0 aliphatic rings. The summed E-state index contributed by atoms with van der Waals surface area (Å²) in [7, 11) is 0. The second-order valence-electron chi connectivity index (χ2n) is 5.84. The first kappa shape index (κ1) is 18.3. The number of rotatable bonds is 7. The summed E-state index contributed by atoms with van der Waals surface area (Å²) in [5.74, 6) is -0.436. The summed E-state index contributed by atoms with van der Waals surface area (Å²) in [6.07, 6.45) is 0. The predicted molar refractivity (Wildman–Crippen MR) is 93.9 cm³/mol. The Balaban J connectivity index is 1.89. The highest BCUT2D eigenvalue weighted by molar-refractivity contribution is 6.30. The zero-order valence-corrected chi connectivity index (χ0v) is 14.5. The standard InChI is InChI=1S/C19H21ClFNO2/c1-13(2)18(14-7-9-15(20)10-8-14)19(23)22-11-12-24-17-6-4-3-5-16(17)21/h3-10,13,18H,11-12H2,1-2H3,(H,22,23). The van der Waals surface area contributed by atoms with Crippen LogP contribution in [0.2, 0.25) is 5.02 Å². The molecule has 0 spiro atoms. The van der Waals surface area contributed by atoms with Gasteiger partial charge in [0.05, 0.1) is 12.5 Å². The van der Waals surface area contributed by atoms with Crippen molar-refractivity contribution in [3.63, 3.8) is 0 Å². The SMILES string of the molecule is CC(C)C(C(=O)NCCOc1ccccc1F)c1ccc(Cl)cc1. The molecule has 1 N–H and O–H groups in total. The second-order valence-corrected chi connectivity index (χ2v) is 6.28. The van der Waals surface area contributed by atoms with Crippen LogP contribution >= 0.6 is 11.6 Å². The van der Waals surface area contributed by atoms with Gasteiger partial charge in [-0.1, -0.05) is 49.7 Å². The summed E-state index contributed by atoms with van der Waals surface area (Å²) < 4.78 is 18.8. The number of benzene rings is 2. The van der Waals surface area contributed by atoms with Crippen molar-refractivity contribution in [2.45, 2.75) is 19.8 Å². The lowest BCUT2D eigenvalue weighted by atomic mass is 9.87. The number of carbonyl (C=O) groups is 1. The van der Waals surface area contributed by atoms with Crippen LogP contribution in [0, 0.1) is 11.7 Å². The molecule has 5 heteroatoms. The molecule has 0 bridgehead atoms. The molecule has 0 aliphatic heterocycles. The van der Waals surface area contributed by atoms with Crippen LogP contribution in [0.15, 0.2) is 48.5 Å². The molecule has 2 rings (SSSR count). The lowest BCUT2D eigenvalue weighted by Gasteiger charge is -2.21. The van der Waals surface area contributed by atoms with Crippen LogP contribution in [0.4, 0.5) is 4.39 Å². The normalized spacial score (nSPS) is 12.0. The summed E-state index contributed by atoms with van der Waals surface area (Å²) in [5, 5.41) is 3.49. The molecule has 1 amide bonds. The third-order valence-corrected chi connectivity index (χ3v) is 3.93. The molecule has 3 nitrogen and oxygen atoms in total. The molecule has 0 radical (unpaired) electrons. The lowest BCUT2D eigenvalue weighted by Crippen LogP contribution is -2.34. The third kappa shape index (κ3) is 4.96. The molecule has 128 valence electrons. The Morgan fingerprint density at radius 1 is 1.17 bits per heavy atom. The number of ether oxygens (including phenoxy) is 1. The molecule has 24 heavy (non-hydrogen) atoms. The van der Waals surface area contributed by atoms with Gasteiger partial charge in [0.1, 0.15) is 6.61 Å². The van der Waals surface area contributed by atoms with Gasteiger partial charge >= 0.3 is 0 Å². The monoisotopic (exact) mass is 349 g/mol. The summed E-state index contributed by atoms with van der Waals surface area (Å²) in [6.45, 7) is 4.51. The van der Waals surface area contributed by atoms with Crippen LogP contribution in [0.3, 0.4) is 0 Å². The molecule has 0 aliphatic carbocycles. The van der Waals surface area contributed by atoms with E-state index in [0.717, 1.165) is 5.56 Å². The van der Waals surface area contributed by atoms with Gasteiger partial charge in [-0.2, -0.15) is 0 Å². The smallest absolute Gasteiger partial charge is 0.227 e. The highest BCUT2D eigenvalue weighted by Crippen LogP contribution is 2.26. The van der Waals surface area contributed by atoms with E-state index >= 15 is 0 Å². The zero-order valence-electron chi connectivity index (χ0n) is 13.8. The van der Waals surface area contributed by atoms with Gasteiger partial charge < -0.3 is 10.1 Å². The summed E-state index contributed by atoms with van der Waals surface area (Å²) in [4.78, 5) is 12.5. The van der Waals surface area contributed by atoms with Crippen LogP contribution in [-0.2, 0) is 4.79 Å². The maximum atomic E-state index is 13.4. The van der Waals surface area contributed by atoms with Crippen LogP contribution in [0.1, 0.15) is 25.3 Å². The Labute approximate surface area is 146 Å². The predicted octanol–water partition coefficient (Wildman–Crippen LogP) is 4.41. The van der Waals surface area contributed by atoms with Gasteiger partial charge in [-0.05, 0) is 35.7 Å². The Morgan fingerprint density at radius 2 is 1.83 bits per heavy atom. The number of hydrogen-bond donors (Lipinski definition) is 1. The van der Waals surface area contributed by atoms with Gasteiger partial charge in [-0.3, -0.25) is 4.79 Å². The molecular weight excluding hydrogens is 329 g/mol. The maximum Gasteiger partial charge on any atom is 0.227 e. The minimum Gasteiger partial charge on any atom is -0.489 e. The summed E-state index contributed by atoms with van der Waals surface area (Å²) >= 11 is 5.90.